The number of benzene rings is 1. The van der Waals surface area contributed by atoms with Gasteiger partial charge in [0.05, 0.1) is 11.0 Å². The lowest BCUT2D eigenvalue weighted by molar-refractivity contribution is 0.421. The Bertz CT molecular complexity index is 633. The van der Waals surface area contributed by atoms with E-state index in [9.17, 15) is 0 Å². The van der Waals surface area contributed by atoms with Crippen LogP contribution >= 0.6 is 0 Å². The summed E-state index contributed by atoms with van der Waals surface area (Å²) in [5, 5.41) is 3.53. The van der Waals surface area contributed by atoms with Gasteiger partial charge in [-0.2, -0.15) is 0 Å². The van der Waals surface area contributed by atoms with Gasteiger partial charge >= 0.3 is 0 Å². The van der Waals surface area contributed by atoms with E-state index in [-0.39, 0.29) is 0 Å². The van der Waals surface area contributed by atoms with Crippen LogP contribution in [0.2, 0.25) is 0 Å². The molecule has 1 aliphatic rings. The molecule has 1 aliphatic heterocycles. The average Bonchev–Trinajstić information content (AvgIpc) is 2.85. The van der Waals surface area contributed by atoms with Crippen LogP contribution in [0.4, 0.5) is 0 Å². The number of piperidine rings is 1. The molecule has 0 amide bonds. The molecule has 1 saturated heterocycles. The number of hydrogen-bond acceptors (Lipinski definition) is 2. The van der Waals surface area contributed by atoms with Crippen LogP contribution in [0.1, 0.15) is 63.8 Å². The van der Waals surface area contributed by atoms with Gasteiger partial charge in [-0.05, 0) is 48.9 Å². The Morgan fingerprint density at radius 2 is 2.09 bits per heavy atom. The van der Waals surface area contributed by atoms with Crippen LogP contribution in [-0.2, 0) is 6.54 Å². The van der Waals surface area contributed by atoms with E-state index in [0.29, 0.717) is 17.8 Å². The lowest BCUT2D eigenvalue weighted by Crippen LogP contribution is -2.30. The minimum Gasteiger partial charge on any atom is -0.327 e. The zero-order chi connectivity index (χ0) is 15.7. The minimum absolute atomic E-state index is 0.555. The van der Waals surface area contributed by atoms with E-state index in [1.54, 1.807) is 0 Å². The second-order valence-electron chi connectivity index (χ2n) is 7.42. The van der Waals surface area contributed by atoms with Gasteiger partial charge in [0.25, 0.3) is 0 Å². The first-order chi connectivity index (χ1) is 10.6. The van der Waals surface area contributed by atoms with Crippen LogP contribution in [0.15, 0.2) is 18.2 Å². The first kappa shape index (κ1) is 15.5. The molecule has 2 aromatic rings. The molecule has 0 saturated carbocycles. The molecule has 22 heavy (non-hydrogen) atoms. The molecule has 0 aliphatic carbocycles. The highest BCUT2D eigenvalue weighted by molar-refractivity contribution is 5.77. The van der Waals surface area contributed by atoms with Gasteiger partial charge in [-0.25, -0.2) is 4.98 Å². The number of rotatable bonds is 4. The molecular weight excluding hydrogens is 270 g/mol. The predicted molar refractivity (Wildman–Crippen MR) is 93.5 cm³/mol. The maximum atomic E-state index is 5.06. The first-order valence-electron chi connectivity index (χ1n) is 8.77. The van der Waals surface area contributed by atoms with Gasteiger partial charge in [0, 0.05) is 19.0 Å². The van der Waals surface area contributed by atoms with Crippen molar-refractivity contribution in [1.82, 2.24) is 14.9 Å². The van der Waals surface area contributed by atoms with E-state index in [1.807, 2.05) is 0 Å². The SMILES string of the molecule is CC(C)Cn1c(C2CCCNC2)nc2cc(C(C)C)ccc21. The number of nitrogens with zero attached hydrogens (tertiary/aromatic N) is 2. The summed E-state index contributed by atoms with van der Waals surface area (Å²) >= 11 is 0. The van der Waals surface area contributed by atoms with Crippen molar-refractivity contribution in [2.75, 3.05) is 13.1 Å². The van der Waals surface area contributed by atoms with Gasteiger partial charge in [0.1, 0.15) is 5.82 Å². The molecule has 3 rings (SSSR count). The summed E-state index contributed by atoms with van der Waals surface area (Å²) in [6.45, 7) is 12.4. The molecule has 1 aromatic carbocycles. The summed E-state index contributed by atoms with van der Waals surface area (Å²) in [5.41, 5.74) is 3.86. The maximum Gasteiger partial charge on any atom is 0.114 e. The van der Waals surface area contributed by atoms with Crippen molar-refractivity contribution in [2.24, 2.45) is 5.92 Å². The normalized spacial score (nSPS) is 19.5. The van der Waals surface area contributed by atoms with E-state index in [4.69, 9.17) is 4.98 Å². The Kier molecular flexibility index (Phi) is 4.53. The number of nitrogens with one attached hydrogen (secondary N) is 1. The highest BCUT2D eigenvalue weighted by atomic mass is 15.1. The van der Waals surface area contributed by atoms with Crippen molar-refractivity contribution in [3.8, 4) is 0 Å². The Morgan fingerprint density at radius 3 is 2.73 bits per heavy atom. The first-order valence-corrected chi connectivity index (χ1v) is 8.77. The largest absolute Gasteiger partial charge is 0.327 e. The maximum absolute atomic E-state index is 5.06. The average molecular weight is 299 g/mol. The van der Waals surface area contributed by atoms with Gasteiger partial charge in [-0.3, -0.25) is 0 Å². The Labute approximate surface area is 134 Å². The van der Waals surface area contributed by atoms with Gasteiger partial charge in [-0.15, -0.1) is 0 Å². The minimum atomic E-state index is 0.555. The van der Waals surface area contributed by atoms with Gasteiger partial charge in [-0.1, -0.05) is 33.8 Å². The van der Waals surface area contributed by atoms with Crippen molar-refractivity contribution in [3.05, 3.63) is 29.6 Å². The van der Waals surface area contributed by atoms with E-state index in [0.717, 1.165) is 19.6 Å². The van der Waals surface area contributed by atoms with Crippen LogP contribution in [0.5, 0.6) is 0 Å². The lowest BCUT2D eigenvalue weighted by Gasteiger charge is -2.24. The molecule has 2 heterocycles. The second-order valence-corrected chi connectivity index (χ2v) is 7.42. The van der Waals surface area contributed by atoms with Crippen LogP contribution in [0, 0.1) is 5.92 Å². The monoisotopic (exact) mass is 299 g/mol. The molecule has 1 atom stereocenters. The van der Waals surface area contributed by atoms with Crippen LogP contribution < -0.4 is 5.32 Å². The summed E-state index contributed by atoms with van der Waals surface area (Å²) in [7, 11) is 0. The number of hydrogen-bond donors (Lipinski definition) is 1. The molecule has 120 valence electrons. The van der Waals surface area contributed by atoms with Crippen LogP contribution in [0.25, 0.3) is 11.0 Å². The zero-order valence-corrected chi connectivity index (χ0v) is 14.4. The topological polar surface area (TPSA) is 29.9 Å². The smallest absolute Gasteiger partial charge is 0.114 e. The van der Waals surface area contributed by atoms with Gasteiger partial charge < -0.3 is 9.88 Å². The van der Waals surface area contributed by atoms with Crippen LogP contribution in [0.3, 0.4) is 0 Å². The quantitative estimate of drug-likeness (QED) is 0.913. The molecule has 0 spiro atoms. The summed E-state index contributed by atoms with van der Waals surface area (Å²) in [5.74, 6) is 3.04. The third kappa shape index (κ3) is 3.05. The summed E-state index contributed by atoms with van der Waals surface area (Å²) < 4.78 is 2.47. The molecule has 0 radical (unpaired) electrons. The highest BCUT2D eigenvalue weighted by Gasteiger charge is 2.22. The van der Waals surface area contributed by atoms with E-state index in [1.165, 1.54) is 35.3 Å². The number of aromatic nitrogens is 2. The third-order valence-corrected chi connectivity index (χ3v) is 4.68. The molecule has 3 nitrogen and oxygen atoms in total. The molecule has 1 fully saturated rings. The highest BCUT2D eigenvalue weighted by Crippen LogP contribution is 2.29. The number of imidazole rings is 1. The van der Waals surface area contributed by atoms with Crippen molar-refractivity contribution in [3.63, 3.8) is 0 Å². The van der Waals surface area contributed by atoms with Gasteiger partial charge in [0.15, 0.2) is 0 Å². The van der Waals surface area contributed by atoms with Crippen molar-refractivity contribution < 1.29 is 0 Å². The summed E-state index contributed by atoms with van der Waals surface area (Å²) in [4.78, 5) is 5.06. The fraction of sp³-hybridized carbons (Fsp3) is 0.632. The molecule has 1 unspecified atom stereocenters. The fourth-order valence-electron chi connectivity index (χ4n) is 3.47. The van der Waals surface area contributed by atoms with Crippen molar-refractivity contribution in [1.29, 1.82) is 0 Å². The predicted octanol–water partition coefficient (Wildman–Crippen LogP) is 4.28. The van der Waals surface area contributed by atoms with Crippen molar-refractivity contribution in [2.45, 2.75) is 58.9 Å². The summed E-state index contributed by atoms with van der Waals surface area (Å²) in [6.07, 6.45) is 2.51. The fourth-order valence-corrected chi connectivity index (χ4v) is 3.47. The van der Waals surface area contributed by atoms with Crippen molar-refractivity contribution >= 4 is 11.0 Å². The molecule has 0 bridgehead atoms. The Morgan fingerprint density at radius 1 is 1.27 bits per heavy atom. The molecule has 1 aromatic heterocycles. The van der Waals surface area contributed by atoms with E-state index in [2.05, 4.69) is 55.8 Å². The number of fused-ring (bicyclic) bond motifs is 1. The Hall–Kier alpha value is -1.35. The summed E-state index contributed by atoms with van der Waals surface area (Å²) in [6, 6.07) is 6.84. The Balaban J connectivity index is 2.07. The molecule has 1 N–H and O–H groups in total. The lowest BCUT2D eigenvalue weighted by atomic mass is 9.98. The molecule has 3 heteroatoms. The second kappa shape index (κ2) is 6.41. The van der Waals surface area contributed by atoms with E-state index >= 15 is 0 Å². The zero-order valence-electron chi connectivity index (χ0n) is 14.4. The van der Waals surface area contributed by atoms with Crippen LogP contribution in [-0.4, -0.2) is 22.6 Å². The van der Waals surface area contributed by atoms with E-state index < -0.39 is 0 Å². The standard InChI is InChI=1S/C19H29N3/c1-13(2)12-22-18-8-7-15(14(3)4)10-17(18)21-19(22)16-6-5-9-20-11-16/h7-8,10,13-14,16,20H,5-6,9,11-12H2,1-4H3. The molecular formula is C19H29N3. The third-order valence-electron chi connectivity index (χ3n) is 4.68. The van der Waals surface area contributed by atoms with Gasteiger partial charge in [0.2, 0.25) is 0 Å².